The molecular formula is C12H13F3N2O3. The van der Waals surface area contributed by atoms with Crippen molar-refractivity contribution in [3.63, 3.8) is 0 Å². The third-order valence-corrected chi connectivity index (χ3v) is 2.83. The minimum absolute atomic E-state index is 0.0810. The highest BCUT2D eigenvalue weighted by atomic mass is 19.4. The predicted molar refractivity (Wildman–Crippen MR) is 63.6 cm³/mol. The number of carbonyl (C=O) groups excluding carboxylic acids is 1. The number of β-amino-alcohol motifs (C(OH)–C–C–N with tert-alkyl or cyclic N) is 1. The van der Waals surface area contributed by atoms with Crippen LogP contribution in [0.15, 0.2) is 12.3 Å². The number of carbonyl (C=O) groups is 1. The van der Waals surface area contributed by atoms with Gasteiger partial charge in [-0.05, 0) is 13.0 Å². The zero-order chi connectivity index (χ0) is 15.0. The first-order chi connectivity index (χ1) is 9.23. The minimum atomic E-state index is -4.59. The molecule has 1 fully saturated rings. The lowest BCUT2D eigenvalue weighted by Gasteiger charge is -2.45. The van der Waals surface area contributed by atoms with E-state index < -0.39 is 17.3 Å². The Morgan fingerprint density at radius 1 is 1.55 bits per heavy atom. The Bertz CT molecular complexity index is 509. The molecule has 1 saturated heterocycles. The van der Waals surface area contributed by atoms with Gasteiger partial charge in [-0.2, -0.15) is 13.2 Å². The highest BCUT2D eigenvalue weighted by Crippen LogP contribution is 2.39. The van der Waals surface area contributed by atoms with Crippen molar-refractivity contribution < 1.29 is 27.8 Å². The van der Waals surface area contributed by atoms with Crippen molar-refractivity contribution in [1.29, 1.82) is 0 Å². The van der Waals surface area contributed by atoms with E-state index in [4.69, 9.17) is 4.74 Å². The van der Waals surface area contributed by atoms with E-state index in [0.717, 1.165) is 12.3 Å². The molecule has 1 aliphatic heterocycles. The van der Waals surface area contributed by atoms with Gasteiger partial charge in [0.05, 0.1) is 11.8 Å². The van der Waals surface area contributed by atoms with Crippen molar-refractivity contribution in [3.8, 4) is 5.75 Å². The Kier molecular flexibility index (Phi) is 3.59. The van der Waals surface area contributed by atoms with Gasteiger partial charge in [0.25, 0.3) is 0 Å². The Hall–Kier alpha value is -1.83. The van der Waals surface area contributed by atoms with E-state index in [1.54, 1.807) is 6.92 Å². The van der Waals surface area contributed by atoms with E-state index in [0.29, 0.717) is 6.29 Å². The topological polar surface area (TPSA) is 62.7 Å². The van der Waals surface area contributed by atoms with Crippen LogP contribution in [0.4, 0.5) is 19.0 Å². The lowest BCUT2D eigenvalue weighted by atomic mass is 9.96. The van der Waals surface area contributed by atoms with E-state index in [1.165, 1.54) is 4.90 Å². The average molecular weight is 290 g/mol. The number of aromatic nitrogens is 1. The van der Waals surface area contributed by atoms with Crippen LogP contribution in [-0.4, -0.2) is 41.7 Å². The molecule has 1 aliphatic rings. The summed E-state index contributed by atoms with van der Waals surface area (Å²) in [6, 6.07) is 0.804. The summed E-state index contributed by atoms with van der Waals surface area (Å²) < 4.78 is 43.8. The molecule has 0 unspecified atom stereocenters. The summed E-state index contributed by atoms with van der Waals surface area (Å²) in [5.41, 5.74) is -1.95. The van der Waals surface area contributed by atoms with Gasteiger partial charge in [0.1, 0.15) is 23.7 Å². The van der Waals surface area contributed by atoms with E-state index in [-0.39, 0.29) is 31.3 Å². The number of aliphatic hydroxyl groups is 1. The quantitative estimate of drug-likeness (QED) is 0.846. The molecule has 110 valence electrons. The van der Waals surface area contributed by atoms with Crippen molar-refractivity contribution in [2.24, 2.45) is 0 Å². The van der Waals surface area contributed by atoms with Crippen molar-refractivity contribution >= 4 is 12.1 Å². The second-order valence-corrected chi connectivity index (χ2v) is 4.87. The summed E-state index contributed by atoms with van der Waals surface area (Å²) in [7, 11) is 0. The molecule has 8 heteroatoms. The van der Waals surface area contributed by atoms with Crippen molar-refractivity contribution in [2.75, 3.05) is 24.6 Å². The van der Waals surface area contributed by atoms with Gasteiger partial charge in [-0.25, -0.2) is 4.98 Å². The van der Waals surface area contributed by atoms with Gasteiger partial charge in [-0.1, -0.05) is 0 Å². The van der Waals surface area contributed by atoms with Crippen LogP contribution < -0.4 is 9.64 Å². The maximum atomic E-state index is 13.0. The standard InChI is InChI=1S/C12H13F3N2O3/c1-11(19)6-17(7-11)10-9(12(13,14)15)4-8(5-16-10)20-3-2-18/h2,4-5,19H,3,6-7H2,1H3. The first kappa shape index (κ1) is 14.6. The van der Waals surface area contributed by atoms with Crippen LogP contribution >= 0.6 is 0 Å². The first-order valence-electron chi connectivity index (χ1n) is 5.84. The van der Waals surface area contributed by atoms with Crippen LogP contribution in [-0.2, 0) is 11.0 Å². The Labute approximate surface area is 113 Å². The number of rotatable bonds is 4. The fourth-order valence-corrected chi connectivity index (χ4v) is 2.03. The van der Waals surface area contributed by atoms with E-state index in [1.807, 2.05) is 0 Å². The summed E-state index contributed by atoms with van der Waals surface area (Å²) in [5, 5.41) is 9.60. The average Bonchev–Trinajstić information content (AvgIpc) is 2.32. The van der Waals surface area contributed by atoms with Gasteiger partial charge >= 0.3 is 6.18 Å². The molecule has 0 aliphatic carbocycles. The van der Waals surface area contributed by atoms with E-state index >= 15 is 0 Å². The normalized spacial score (nSPS) is 17.6. The maximum Gasteiger partial charge on any atom is 0.420 e. The van der Waals surface area contributed by atoms with Crippen molar-refractivity contribution in [3.05, 3.63) is 17.8 Å². The Morgan fingerprint density at radius 2 is 2.20 bits per heavy atom. The highest BCUT2D eigenvalue weighted by molar-refractivity contribution is 5.55. The number of hydrogen-bond acceptors (Lipinski definition) is 5. The Morgan fingerprint density at radius 3 is 2.70 bits per heavy atom. The molecular weight excluding hydrogens is 277 g/mol. The van der Waals surface area contributed by atoms with Crippen LogP contribution in [0, 0.1) is 0 Å². The lowest BCUT2D eigenvalue weighted by molar-refractivity contribution is -0.137. The van der Waals surface area contributed by atoms with Crippen LogP contribution in [0.2, 0.25) is 0 Å². The van der Waals surface area contributed by atoms with Crippen molar-refractivity contribution in [1.82, 2.24) is 4.98 Å². The van der Waals surface area contributed by atoms with Crippen LogP contribution in [0.1, 0.15) is 12.5 Å². The fourth-order valence-electron chi connectivity index (χ4n) is 2.03. The number of halogens is 3. The van der Waals surface area contributed by atoms with Gasteiger partial charge in [0, 0.05) is 13.1 Å². The highest BCUT2D eigenvalue weighted by Gasteiger charge is 2.43. The summed E-state index contributed by atoms with van der Waals surface area (Å²) in [6.07, 6.45) is -3.03. The second-order valence-electron chi connectivity index (χ2n) is 4.87. The number of aldehydes is 1. The van der Waals surface area contributed by atoms with Gasteiger partial charge in [0.2, 0.25) is 0 Å². The summed E-state index contributed by atoms with van der Waals surface area (Å²) in [4.78, 5) is 15.2. The van der Waals surface area contributed by atoms with E-state index in [9.17, 15) is 23.1 Å². The molecule has 0 aromatic carbocycles. The molecule has 1 N–H and O–H groups in total. The van der Waals surface area contributed by atoms with Gasteiger partial charge in [-0.3, -0.25) is 4.79 Å². The molecule has 0 saturated carbocycles. The molecule has 0 bridgehead atoms. The molecule has 2 heterocycles. The van der Waals surface area contributed by atoms with E-state index in [2.05, 4.69) is 4.98 Å². The monoisotopic (exact) mass is 290 g/mol. The summed E-state index contributed by atoms with van der Waals surface area (Å²) in [6.45, 7) is 1.37. The van der Waals surface area contributed by atoms with Gasteiger partial charge in [0.15, 0.2) is 6.29 Å². The molecule has 5 nitrogen and oxygen atoms in total. The number of alkyl halides is 3. The fraction of sp³-hybridized carbons (Fsp3) is 0.500. The van der Waals surface area contributed by atoms with Gasteiger partial charge in [-0.15, -0.1) is 0 Å². The molecule has 0 amide bonds. The number of pyridine rings is 1. The smallest absolute Gasteiger partial charge is 0.420 e. The Balaban J connectivity index is 2.29. The molecule has 0 radical (unpaired) electrons. The van der Waals surface area contributed by atoms with Crippen molar-refractivity contribution in [2.45, 2.75) is 18.7 Å². The third-order valence-electron chi connectivity index (χ3n) is 2.83. The molecule has 1 aromatic rings. The first-order valence-corrected chi connectivity index (χ1v) is 5.84. The number of anilines is 1. The lowest BCUT2D eigenvalue weighted by Crippen LogP contribution is -2.60. The minimum Gasteiger partial charge on any atom is -0.485 e. The molecule has 20 heavy (non-hydrogen) atoms. The molecule has 0 atom stereocenters. The number of nitrogens with zero attached hydrogens (tertiary/aromatic N) is 2. The zero-order valence-corrected chi connectivity index (χ0v) is 10.6. The van der Waals surface area contributed by atoms with Gasteiger partial charge < -0.3 is 14.7 Å². The van der Waals surface area contributed by atoms with Crippen LogP contribution in [0.25, 0.3) is 0 Å². The maximum absolute atomic E-state index is 13.0. The zero-order valence-electron chi connectivity index (χ0n) is 10.6. The molecule has 2 rings (SSSR count). The second kappa shape index (κ2) is 4.93. The van der Waals surface area contributed by atoms with Crippen LogP contribution in [0.3, 0.4) is 0 Å². The predicted octanol–water partition coefficient (Wildman–Crippen LogP) is 1.25. The number of ether oxygens (including phenoxy) is 1. The largest absolute Gasteiger partial charge is 0.485 e. The molecule has 0 spiro atoms. The summed E-state index contributed by atoms with van der Waals surface area (Å²) >= 11 is 0. The van der Waals surface area contributed by atoms with Crippen LogP contribution in [0.5, 0.6) is 5.75 Å². The summed E-state index contributed by atoms with van der Waals surface area (Å²) in [5.74, 6) is -0.372. The molecule has 1 aromatic heterocycles. The third kappa shape index (κ3) is 3.01. The number of hydrogen-bond donors (Lipinski definition) is 1. The SMILES string of the molecule is CC1(O)CN(c2ncc(OCC=O)cc2C(F)(F)F)C1.